The molecular formula is C12H18BrNO. The number of hydrogen-bond donors (Lipinski definition) is 0. The third-order valence-electron chi connectivity index (χ3n) is 3.20. The highest BCUT2D eigenvalue weighted by Gasteiger charge is 2.41. The third kappa shape index (κ3) is 1.86. The summed E-state index contributed by atoms with van der Waals surface area (Å²) >= 11 is 3.47. The van der Waals surface area contributed by atoms with E-state index in [1.165, 1.54) is 12.0 Å². The first kappa shape index (κ1) is 11.2. The molecule has 1 aliphatic rings. The van der Waals surface area contributed by atoms with E-state index in [4.69, 9.17) is 4.52 Å². The summed E-state index contributed by atoms with van der Waals surface area (Å²) in [7, 11) is 0. The number of hydrogen-bond acceptors (Lipinski definition) is 2. The molecule has 84 valence electrons. The minimum absolute atomic E-state index is 0.181. The van der Waals surface area contributed by atoms with Crippen molar-refractivity contribution in [3.05, 3.63) is 17.0 Å². The van der Waals surface area contributed by atoms with Crippen LogP contribution in [0.3, 0.4) is 0 Å². The molecule has 0 N–H and O–H groups in total. The van der Waals surface area contributed by atoms with Gasteiger partial charge >= 0.3 is 0 Å². The molecule has 0 amide bonds. The van der Waals surface area contributed by atoms with Crippen molar-refractivity contribution >= 4 is 15.9 Å². The summed E-state index contributed by atoms with van der Waals surface area (Å²) in [4.78, 5) is 0. The van der Waals surface area contributed by atoms with Crippen LogP contribution in [0.1, 0.15) is 51.1 Å². The van der Waals surface area contributed by atoms with Crippen LogP contribution >= 0.6 is 15.9 Å². The summed E-state index contributed by atoms with van der Waals surface area (Å²) in [5.41, 5.74) is 2.91. The second-order valence-electron chi connectivity index (χ2n) is 5.96. The molecule has 0 saturated heterocycles. The first-order chi connectivity index (χ1) is 6.86. The Morgan fingerprint density at radius 3 is 2.60 bits per heavy atom. The van der Waals surface area contributed by atoms with Gasteiger partial charge in [0.25, 0.3) is 0 Å². The molecule has 0 radical (unpaired) electrons. The van der Waals surface area contributed by atoms with E-state index in [9.17, 15) is 0 Å². The minimum Gasteiger partial charge on any atom is -0.361 e. The highest BCUT2D eigenvalue weighted by Crippen LogP contribution is 2.47. The van der Waals surface area contributed by atoms with Crippen molar-refractivity contribution in [1.29, 1.82) is 0 Å². The molecule has 2 rings (SSSR count). The van der Waals surface area contributed by atoms with Crippen molar-refractivity contribution in [1.82, 2.24) is 5.16 Å². The van der Waals surface area contributed by atoms with Crippen molar-refractivity contribution in [3.63, 3.8) is 0 Å². The van der Waals surface area contributed by atoms with E-state index in [0.29, 0.717) is 5.41 Å². The maximum absolute atomic E-state index is 5.47. The predicted molar refractivity (Wildman–Crippen MR) is 64.3 cm³/mol. The molecule has 1 aromatic rings. The molecule has 1 aliphatic carbocycles. The molecule has 0 unspecified atom stereocenters. The molecule has 2 nitrogen and oxygen atoms in total. The van der Waals surface area contributed by atoms with Gasteiger partial charge in [-0.2, -0.15) is 0 Å². The van der Waals surface area contributed by atoms with Gasteiger partial charge in [0.2, 0.25) is 0 Å². The maximum Gasteiger partial charge on any atom is 0.141 e. The molecule has 0 saturated carbocycles. The second kappa shape index (κ2) is 3.34. The minimum atomic E-state index is 0.181. The van der Waals surface area contributed by atoms with E-state index in [-0.39, 0.29) is 5.41 Å². The molecule has 15 heavy (non-hydrogen) atoms. The van der Waals surface area contributed by atoms with Gasteiger partial charge in [0, 0.05) is 17.3 Å². The van der Waals surface area contributed by atoms with Gasteiger partial charge < -0.3 is 4.52 Å². The molecule has 0 fully saturated rings. The van der Waals surface area contributed by atoms with E-state index < -0.39 is 0 Å². The fourth-order valence-corrected chi connectivity index (χ4v) is 3.51. The summed E-state index contributed by atoms with van der Waals surface area (Å²) in [5.74, 6) is 1.09. The van der Waals surface area contributed by atoms with Crippen LogP contribution in [0.4, 0.5) is 0 Å². The second-order valence-corrected chi connectivity index (χ2v) is 6.52. The highest BCUT2D eigenvalue weighted by molar-refractivity contribution is 9.08. The van der Waals surface area contributed by atoms with Crippen LogP contribution in [0.5, 0.6) is 0 Å². The Hall–Kier alpha value is -0.310. The topological polar surface area (TPSA) is 26.0 Å². The first-order valence-electron chi connectivity index (χ1n) is 5.40. The Morgan fingerprint density at radius 2 is 2.00 bits per heavy atom. The van der Waals surface area contributed by atoms with Crippen molar-refractivity contribution in [2.45, 2.75) is 51.3 Å². The van der Waals surface area contributed by atoms with Gasteiger partial charge in [0.15, 0.2) is 0 Å². The molecule has 1 aromatic heterocycles. The Labute approximate surface area is 99.5 Å². The van der Waals surface area contributed by atoms with Crippen molar-refractivity contribution in [3.8, 4) is 0 Å². The van der Waals surface area contributed by atoms with Gasteiger partial charge in [-0.05, 0) is 17.3 Å². The van der Waals surface area contributed by atoms with Crippen LogP contribution in [-0.4, -0.2) is 5.16 Å². The molecular weight excluding hydrogens is 254 g/mol. The zero-order valence-corrected chi connectivity index (χ0v) is 11.4. The monoisotopic (exact) mass is 271 g/mol. The Morgan fingerprint density at radius 1 is 1.33 bits per heavy atom. The van der Waals surface area contributed by atoms with E-state index in [2.05, 4.69) is 48.8 Å². The summed E-state index contributed by atoms with van der Waals surface area (Å²) in [6, 6.07) is 0. The number of halogens is 1. The Bertz CT molecular complexity index is 379. The van der Waals surface area contributed by atoms with Crippen LogP contribution in [0, 0.1) is 5.41 Å². The average molecular weight is 272 g/mol. The molecule has 0 spiro atoms. The van der Waals surface area contributed by atoms with Crippen molar-refractivity contribution in [2.75, 3.05) is 0 Å². The van der Waals surface area contributed by atoms with E-state index in [1.807, 2.05) is 0 Å². The van der Waals surface area contributed by atoms with Crippen molar-refractivity contribution in [2.24, 2.45) is 5.41 Å². The zero-order valence-electron chi connectivity index (χ0n) is 9.85. The summed E-state index contributed by atoms with van der Waals surface area (Å²) < 4.78 is 5.47. The van der Waals surface area contributed by atoms with Crippen LogP contribution in [0.15, 0.2) is 4.52 Å². The van der Waals surface area contributed by atoms with Gasteiger partial charge in [-0.15, -0.1) is 0 Å². The first-order valence-corrected chi connectivity index (χ1v) is 6.52. The standard InChI is InChI=1S/C12H18BrNO/c1-11(2)5-9-10(12(3,4)7-11)8(6-13)14-15-9/h5-7H2,1-4H3. The smallest absolute Gasteiger partial charge is 0.141 e. The van der Waals surface area contributed by atoms with E-state index >= 15 is 0 Å². The van der Waals surface area contributed by atoms with Crippen LogP contribution in [-0.2, 0) is 17.2 Å². The number of aromatic nitrogens is 1. The molecule has 0 aliphatic heterocycles. The molecule has 1 heterocycles. The Balaban J connectivity index is 2.53. The van der Waals surface area contributed by atoms with Gasteiger partial charge in [0.05, 0.1) is 5.69 Å². The van der Waals surface area contributed by atoms with Crippen LogP contribution < -0.4 is 0 Å². The Kier molecular flexibility index (Phi) is 2.49. The van der Waals surface area contributed by atoms with Gasteiger partial charge in [0.1, 0.15) is 5.76 Å². The predicted octanol–water partition coefficient (Wildman–Crippen LogP) is 3.82. The SMILES string of the molecule is CC1(C)Cc2onc(CBr)c2C(C)(C)C1. The fraction of sp³-hybridized carbons (Fsp3) is 0.750. The maximum atomic E-state index is 5.47. The lowest BCUT2D eigenvalue weighted by atomic mass is 9.64. The lowest BCUT2D eigenvalue weighted by molar-refractivity contribution is 0.203. The molecule has 3 heteroatoms. The third-order valence-corrected chi connectivity index (χ3v) is 3.73. The lowest BCUT2D eigenvalue weighted by Crippen LogP contribution is -2.34. The number of nitrogens with zero attached hydrogens (tertiary/aromatic N) is 1. The summed E-state index contributed by atoms with van der Waals surface area (Å²) in [6.45, 7) is 9.17. The summed E-state index contributed by atoms with van der Waals surface area (Å²) in [5, 5.41) is 4.94. The average Bonchev–Trinajstić information content (AvgIpc) is 2.43. The van der Waals surface area contributed by atoms with E-state index in [0.717, 1.165) is 23.2 Å². The molecule has 0 aromatic carbocycles. The zero-order chi connectivity index (χ0) is 11.3. The normalized spacial score (nSPS) is 22.5. The molecule has 0 atom stereocenters. The quantitative estimate of drug-likeness (QED) is 0.726. The highest BCUT2D eigenvalue weighted by atomic mass is 79.9. The van der Waals surface area contributed by atoms with Crippen LogP contribution in [0.25, 0.3) is 0 Å². The van der Waals surface area contributed by atoms with Gasteiger partial charge in [-0.25, -0.2) is 0 Å². The van der Waals surface area contributed by atoms with Crippen LogP contribution in [0.2, 0.25) is 0 Å². The van der Waals surface area contributed by atoms with Gasteiger partial charge in [-0.1, -0.05) is 48.8 Å². The fourth-order valence-electron chi connectivity index (χ4n) is 3.12. The summed E-state index contributed by atoms with van der Waals surface area (Å²) in [6.07, 6.45) is 2.19. The largest absolute Gasteiger partial charge is 0.361 e. The number of rotatable bonds is 1. The van der Waals surface area contributed by atoms with E-state index in [1.54, 1.807) is 0 Å². The molecule has 0 bridgehead atoms. The number of alkyl halides is 1. The number of fused-ring (bicyclic) bond motifs is 1. The lowest BCUT2D eigenvalue weighted by Gasteiger charge is -2.39. The van der Waals surface area contributed by atoms with Gasteiger partial charge in [-0.3, -0.25) is 0 Å². The van der Waals surface area contributed by atoms with Crippen molar-refractivity contribution < 1.29 is 4.52 Å².